The summed E-state index contributed by atoms with van der Waals surface area (Å²) >= 11 is 0. The number of nitrogens with one attached hydrogen (secondary N) is 2. The number of fused-ring (bicyclic) bond motifs is 1. The summed E-state index contributed by atoms with van der Waals surface area (Å²) in [5, 5.41) is 3.04. The van der Waals surface area contributed by atoms with Crippen LogP contribution in [0.1, 0.15) is 27.3 Å². The van der Waals surface area contributed by atoms with Crippen molar-refractivity contribution in [2.45, 2.75) is 18.4 Å². The van der Waals surface area contributed by atoms with E-state index in [4.69, 9.17) is 4.74 Å². The lowest BCUT2D eigenvalue weighted by Crippen LogP contribution is -2.59. The number of hydrogen-bond acceptors (Lipinski definition) is 2. The van der Waals surface area contributed by atoms with Crippen LogP contribution in [-0.4, -0.2) is 30.5 Å². The van der Waals surface area contributed by atoms with Crippen molar-refractivity contribution in [1.82, 2.24) is 10.3 Å². The molecule has 1 aromatic heterocycles. The summed E-state index contributed by atoms with van der Waals surface area (Å²) in [6.07, 6.45) is 2.46. The second-order valence-electron chi connectivity index (χ2n) is 6.57. The zero-order chi connectivity index (χ0) is 18.1. The first-order valence-electron chi connectivity index (χ1n) is 8.41. The Morgan fingerprint density at radius 2 is 2.00 bits per heavy atom. The van der Waals surface area contributed by atoms with Gasteiger partial charge in [-0.1, -0.05) is 42.5 Å². The van der Waals surface area contributed by atoms with E-state index in [1.807, 2.05) is 30.3 Å². The van der Waals surface area contributed by atoms with Gasteiger partial charge in [-0.15, -0.1) is 0 Å². The standard InChI is InChI=1S/C20H18F2N2O2/c21-18(22)14-6-4-5-13-9-17(23-16(13)10-14)19(25)24-20(11-26-12-20)15-7-2-1-3-8-15/h1-4,6-10,18,23H,5,11-12H2,(H,24,25). The van der Waals surface area contributed by atoms with Crippen LogP contribution in [0.15, 0.2) is 54.1 Å². The Hall–Kier alpha value is -2.73. The summed E-state index contributed by atoms with van der Waals surface area (Å²) in [5.74, 6) is -0.277. The molecule has 4 nitrogen and oxygen atoms in total. The Labute approximate surface area is 149 Å². The van der Waals surface area contributed by atoms with Crippen LogP contribution in [0, 0.1) is 0 Å². The molecule has 1 aromatic carbocycles. The number of H-pyrrole nitrogens is 1. The molecule has 0 radical (unpaired) electrons. The van der Waals surface area contributed by atoms with Crippen molar-refractivity contribution in [2.24, 2.45) is 0 Å². The summed E-state index contributed by atoms with van der Waals surface area (Å²) in [7, 11) is 0. The summed E-state index contributed by atoms with van der Waals surface area (Å²) in [5.41, 5.74) is 2.10. The van der Waals surface area contributed by atoms with Gasteiger partial charge in [-0.05, 0) is 29.7 Å². The van der Waals surface area contributed by atoms with Crippen LogP contribution < -0.4 is 5.32 Å². The molecule has 2 N–H and O–H groups in total. The van der Waals surface area contributed by atoms with E-state index in [0.29, 0.717) is 31.0 Å². The van der Waals surface area contributed by atoms with E-state index in [0.717, 1.165) is 11.1 Å². The van der Waals surface area contributed by atoms with Crippen LogP contribution in [0.4, 0.5) is 8.78 Å². The van der Waals surface area contributed by atoms with E-state index in [9.17, 15) is 13.6 Å². The molecule has 1 amide bonds. The van der Waals surface area contributed by atoms with Crippen LogP contribution in [0.25, 0.3) is 6.08 Å². The highest BCUT2D eigenvalue weighted by Gasteiger charge is 2.42. The van der Waals surface area contributed by atoms with Gasteiger partial charge >= 0.3 is 0 Å². The second kappa shape index (κ2) is 6.53. The zero-order valence-electron chi connectivity index (χ0n) is 14.0. The van der Waals surface area contributed by atoms with Crippen molar-refractivity contribution in [2.75, 3.05) is 13.2 Å². The van der Waals surface area contributed by atoms with Gasteiger partial charge in [0.2, 0.25) is 0 Å². The molecule has 1 saturated heterocycles. The summed E-state index contributed by atoms with van der Waals surface area (Å²) in [4.78, 5) is 15.7. The maximum absolute atomic E-state index is 13.0. The minimum absolute atomic E-state index is 0.0642. The molecule has 1 aliphatic carbocycles. The zero-order valence-corrected chi connectivity index (χ0v) is 14.0. The number of hydrogen-bond donors (Lipinski definition) is 2. The number of benzene rings is 1. The molecule has 1 fully saturated rings. The normalized spacial score (nSPS) is 17.9. The molecular formula is C20H18F2N2O2. The lowest BCUT2D eigenvalue weighted by Gasteiger charge is -2.42. The minimum atomic E-state index is -2.55. The third kappa shape index (κ3) is 2.97. The number of amides is 1. The first kappa shape index (κ1) is 16.7. The fourth-order valence-electron chi connectivity index (χ4n) is 3.26. The molecule has 26 heavy (non-hydrogen) atoms. The van der Waals surface area contributed by atoms with Crippen LogP contribution in [-0.2, 0) is 16.7 Å². The number of rotatable bonds is 4. The van der Waals surface area contributed by atoms with Crippen molar-refractivity contribution < 1.29 is 18.3 Å². The maximum Gasteiger partial charge on any atom is 0.268 e. The molecule has 134 valence electrons. The number of allylic oxidation sites excluding steroid dienone is 3. The number of carbonyl (C=O) groups is 1. The van der Waals surface area contributed by atoms with Crippen LogP contribution in [0.5, 0.6) is 0 Å². The number of alkyl halides is 2. The Kier molecular flexibility index (Phi) is 4.20. The SMILES string of the molecule is O=C(NC1(c2ccccc2)COC1)c1cc2c([nH]1)C=C(C(F)F)C=CC2. The molecule has 0 spiro atoms. The summed E-state index contributed by atoms with van der Waals surface area (Å²) in [6, 6.07) is 11.4. The Morgan fingerprint density at radius 1 is 1.23 bits per heavy atom. The molecule has 2 aromatic rings. The van der Waals surface area contributed by atoms with Gasteiger partial charge in [-0.2, -0.15) is 0 Å². The van der Waals surface area contributed by atoms with Gasteiger partial charge in [0.25, 0.3) is 12.3 Å². The highest BCUT2D eigenvalue weighted by molar-refractivity contribution is 5.94. The Balaban J connectivity index is 1.59. The smallest absolute Gasteiger partial charge is 0.268 e. The average Bonchev–Trinajstić information content (AvgIpc) is 2.90. The van der Waals surface area contributed by atoms with Gasteiger partial charge in [0.05, 0.1) is 13.2 Å². The molecule has 0 unspecified atom stereocenters. The highest BCUT2D eigenvalue weighted by Crippen LogP contribution is 2.30. The fraction of sp³-hybridized carbons (Fsp3) is 0.250. The molecule has 0 bridgehead atoms. The van der Waals surface area contributed by atoms with Crippen molar-refractivity contribution >= 4 is 12.0 Å². The van der Waals surface area contributed by atoms with E-state index in [1.54, 1.807) is 12.1 Å². The van der Waals surface area contributed by atoms with E-state index in [-0.39, 0.29) is 11.5 Å². The van der Waals surface area contributed by atoms with E-state index in [1.165, 1.54) is 12.2 Å². The van der Waals surface area contributed by atoms with Gasteiger partial charge in [0.1, 0.15) is 11.2 Å². The number of ether oxygens (including phenoxy) is 1. The number of aromatic amines is 1. The molecule has 2 aliphatic rings. The van der Waals surface area contributed by atoms with Crippen LogP contribution in [0.2, 0.25) is 0 Å². The molecule has 1 aliphatic heterocycles. The van der Waals surface area contributed by atoms with E-state index < -0.39 is 12.0 Å². The van der Waals surface area contributed by atoms with Gasteiger partial charge in [0.15, 0.2) is 0 Å². The van der Waals surface area contributed by atoms with Crippen molar-refractivity contribution in [3.63, 3.8) is 0 Å². The maximum atomic E-state index is 13.0. The number of carbonyl (C=O) groups excluding carboxylic acids is 1. The van der Waals surface area contributed by atoms with Gasteiger partial charge in [0, 0.05) is 11.3 Å². The summed E-state index contributed by atoms with van der Waals surface area (Å²) < 4.78 is 31.3. The molecule has 0 atom stereocenters. The molecule has 2 heterocycles. The quantitative estimate of drug-likeness (QED) is 0.882. The minimum Gasteiger partial charge on any atom is -0.376 e. The molecular weight excluding hydrogens is 338 g/mol. The number of halogens is 2. The van der Waals surface area contributed by atoms with Crippen LogP contribution >= 0.6 is 0 Å². The first-order valence-corrected chi connectivity index (χ1v) is 8.41. The van der Waals surface area contributed by atoms with E-state index in [2.05, 4.69) is 10.3 Å². The van der Waals surface area contributed by atoms with Crippen molar-refractivity contribution in [1.29, 1.82) is 0 Å². The predicted octanol–water partition coefficient (Wildman–Crippen LogP) is 3.43. The monoisotopic (exact) mass is 356 g/mol. The van der Waals surface area contributed by atoms with Gasteiger partial charge in [-0.3, -0.25) is 4.79 Å². The number of aromatic nitrogens is 1. The van der Waals surface area contributed by atoms with Crippen LogP contribution in [0.3, 0.4) is 0 Å². The fourth-order valence-corrected chi connectivity index (χ4v) is 3.26. The third-order valence-corrected chi connectivity index (χ3v) is 4.77. The first-order chi connectivity index (χ1) is 12.6. The van der Waals surface area contributed by atoms with Crippen molar-refractivity contribution in [3.8, 4) is 0 Å². The third-order valence-electron chi connectivity index (χ3n) is 4.77. The molecule has 4 rings (SSSR count). The van der Waals surface area contributed by atoms with E-state index >= 15 is 0 Å². The van der Waals surface area contributed by atoms with Gasteiger partial charge in [-0.25, -0.2) is 8.78 Å². The summed E-state index contributed by atoms with van der Waals surface area (Å²) in [6.45, 7) is 0.808. The van der Waals surface area contributed by atoms with Gasteiger partial charge < -0.3 is 15.0 Å². The molecule has 0 saturated carbocycles. The topological polar surface area (TPSA) is 54.1 Å². The highest BCUT2D eigenvalue weighted by atomic mass is 19.3. The largest absolute Gasteiger partial charge is 0.376 e. The van der Waals surface area contributed by atoms with Crippen molar-refractivity contribution in [3.05, 3.63) is 76.6 Å². The predicted molar refractivity (Wildman–Crippen MR) is 94.0 cm³/mol. The average molecular weight is 356 g/mol. The Morgan fingerprint density at radius 3 is 2.65 bits per heavy atom. The lowest BCUT2D eigenvalue weighted by atomic mass is 9.88. The molecule has 6 heteroatoms. The second-order valence-corrected chi connectivity index (χ2v) is 6.57. The Bertz CT molecular complexity index is 880. The lowest BCUT2D eigenvalue weighted by molar-refractivity contribution is -0.0734.